The quantitative estimate of drug-likeness (QED) is 0.378. The first-order valence-electron chi connectivity index (χ1n) is 11.0. The van der Waals surface area contributed by atoms with Gasteiger partial charge in [0.05, 0.1) is 16.6 Å². The summed E-state index contributed by atoms with van der Waals surface area (Å²) in [5.74, 6) is -1.44. The van der Waals surface area contributed by atoms with Crippen molar-refractivity contribution in [3.05, 3.63) is 61.4 Å². The topological polar surface area (TPSA) is 108 Å². The highest BCUT2D eigenvalue weighted by Gasteiger charge is 2.43. The molecular weight excluding hydrogens is 448 g/mol. The number of halogens is 1. The number of esters is 1. The molecule has 4 rings (SSSR count). The van der Waals surface area contributed by atoms with Gasteiger partial charge >= 0.3 is 5.97 Å². The van der Waals surface area contributed by atoms with Gasteiger partial charge in [-0.15, -0.1) is 0 Å². The predicted molar refractivity (Wildman–Crippen MR) is 122 cm³/mol. The van der Waals surface area contributed by atoms with Crippen molar-refractivity contribution >= 4 is 29.0 Å². The molecular formula is C24H27ClN2O6. The molecule has 0 bridgehead atoms. The molecule has 176 valence electrons. The minimum absolute atomic E-state index is 0.00815. The summed E-state index contributed by atoms with van der Waals surface area (Å²) in [5.41, 5.74) is 1.99. The Morgan fingerprint density at radius 3 is 2.79 bits per heavy atom. The van der Waals surface area contributed by atoms with E-state index in [0.29, 0.717) is 36.3 Å². The van der Waals surface area contributed by atoms with Gasteiger partial charge in [-0.25, -0.2) is 4.79 Å². The highest BCUT2D eigenvalue weighted by Crippen LogP contribution is 2.47. The summed E-state index contributed by atoms with van der Waals surface area (Å²) in [5, 5.41) is 14.8. The first-order valence-corrected chi connectivity index (χ1v) is 11.4. The van der Waals surface area contributed by atoms with Crippen molar-refractivity contribution in [2.45, 2.75) is 58.5 Å². The number of Topliss-reactive ketones (excluding diaryl/α,β-unsaturated/α-hetero) is 1. The maximum absolute atomic E-state index is 13.3. The highest BCUT2D eigenvalue weighted by molar-refractivity contribution is 6.32. The van der Waals surface area contributed by atoms with Gasteiger partial charge in [0.1, 0.15) is 11.6 Å². The number of ether oxygens (including phenoxy) is 2. The minimum atomic E-state index is -0.780. The number of rotatable bonds is 5. The molecule has 0 aromatic heterocycles. The molecule has 1 N–H and O–H groups in total. The van der Waals surface area contributed by atoms with Gasteiger partial charge in [-0.1, -0.05) is 31.5 Å². The second-order valence-electron chi connectivity index (χ2n) is 9.63. The number of nitro benzene ring substituents is 1. The zero-order chi connectivity index (χ0) is 23.9. The van der Waals surface area contributed by atoms with E-state index < -0.39 is 16.8 Å². The molecule has 1 aromatic carbocycles. The van der Waals surface area contributed by atoms with Crippen LogP contribution in [0.5, 0.6) is 0 Å². The van der Waals surface area contributed by atoms with E-state index in [1.807, 2.05) is 13.8 Å². The largest absolute Gasteiger partial charge is 0.459 e. The van der Waals surface area contributed by atoms with Gasteiger partial charge in [0.2, 0.25) is 0 Å². The summed E-state index contributed by atoms with van der Waals surface area (Å²) in [4.78, 5) is 37.5. The summed E-state index contributed by atoms with van der Waals surface area (Å²) in [6.07, 6.45) is 2.53. The summed E-state index contributed by atoms with van der Waals surface area (Å²) in [7, 11) is 0. The molecule has 1 saturated heterocycles. The molecule has 2 atom stereocenters. The zero-order valence-corrected chi connectivity index (χ0v) is 19.7. The van der Waals surface area contributed by atoms with Crippen LogP contribution < -0.4 is 5.32 Å². The minimum Gasteiger partial charge on any atom is -0.459 e. The highest BCUT2D eigenvalue weighted by atomic mass is 35.5. The van der Waals surface area contributed by atoms with E-state index in [-0.39, 0.29) is 40.2 Å². The van der Waals surface area contributed by atoms with E-state index in [1.165, 1.54) is 12.1 Å². The number of carbonyl (C=O) groups is 2. The third kappa shape index (κ3) is 4.68. The van der Waals surface area contributed by atoms with Crippen molar-refractivity contribution in [1.29, 1.82) is 0 Å². The fourth-order valence-corrected chi connectivity index (χ4v) is 5.10. The smallest absolute Gasteiger partial charge is 0.336 e. The van der Waals surface area contributed by atoms with Crippen LogP contribution in [-0.4, -0.2) is 36.0 Å². The third-order valence-electron chi connectivity index (χ3n) is 6.38. The van der Waals surface area contributed by atoms with E-state index >= 15 is 0 Å². The lowest BCUT2D eigenvalue weighted by atomic mass is 9.68. The lowest BCUT2D eigenvalue weighted by Crippen LogP contribution is -2.39. The van der Waals surface area contributed by atoms with Gasteiger partial charge in [-0.3, -0.25) is 14.9 Å². The first-order chi connectivity index (χ1) is 15.6. The van der Waals surface area contributed by atoms with Gasteiger partial charge < -0.3 is 14.8 Å². The van der Waals surface area contributed by atoms with Gasteiger partial charge in [0.15, 0.2) is 5.78 Å². The maximum atomic E-state index is 13.3. The SMILES string of the molecule is CC1=C(C(=O)OCC2CCCO2)C(c2ccc(Cl)c([N+](=O)[O-])c2)C2=C(CC(C)(C)CC2=O)N1. The van der Waals surface area contributed by atoms with Crippen LogP contribution in [0.4, 0.5) is 5.69 Å². The molecule has 0 spiro atoms. The lowest BCUT2D eigenvalue weighted by Gasteiger charge is -2.39. The second-order valence-corrected chi connectivity index (χ2v) is 10.0. The number of hydrogen-bond donors (Lipinski definition) is 1. The molecule has 2 aliphatic heterocycles. The summed E-state index contributed by atoms with van der Waals surface area (Å²) >= 11 is 6.03. The predicted octanol–water partition coefficient (Wildman–Crippen LogP) is 4.57. The molecule has 1 aliphatic carbocycles. The second kappa shape index (κ2) is 8.91. The molecule has 8 nitrogen and oxygen atoms in total. The van der Waals surface area contributed by atoms with Crippen molar-refractivity contribution in [3.8, 4) is 0 Å². The Bertz CT molecular complexity index is 1080. The van der Waals surface area contributed by atoms with Gasteiger partial charge in [-0.05, 0) is 43.2 Å². The normalized spacial score (nSPS) is 24.4. The van der Waals surface area contributed by atoms with E-state index in [4.69, 9.17) is 21.1 Å². The van der Waals surface area contributed by atoms with Crippen LogP contribution in [0.15, 0.2) is 40.7 Å². The molecule has 2 unspecified atom stereocenters. The Hall–Kier alpha value is -2.71. The standard InChI is InChI=1S/C24H27ClN2O6/c1-13-20(23(29)33-12-15-5-4-8-32-15)21(14-6-7-16(25)18(9-14)27(30)31)22-17(26-13)10-24(2,3)11-19(22)28/h6-7,9,15,21,26H,4-5,8,10-12H2,1-3H3. The number of nitrogens with zero attached hydrogens (tertiary/aromatic N) is 1. The molecule has 3 aliphatic rings. The van der Waals surface area contributed by atoms with E-state index in [2.05, 4.69) is 5.32 Å². The van der Waals surface area contributed by atoms with Crippen LogP contribution in [-0.2, 0) is 19.1 Å². The first kappa shape index (κ1) is 23.4. The average molecular weight is 475 g/mol. The molecule has 1 aromatic rings. The average Bonchev–Trinajstić information content (AvgIpc) is 3.24. The van der Waals surface area contributed by atoms with Gasteiger partial charge in [0.25, 0.3) is 5.69 Å². The van der Waals surface area contributed by atoms with Crippen LogP contribution in [0.25, 0.3) is 0 Å². The number of dihydropyridines is 1. The summed E-state index contributed by atoms with van der Waals surface area (Å²) < 4.78 is 11.1. The Morgan fingerprint density at radius 2 is 2.12 bits per heavy atom. The van der Waals surface area contributed by atoms with Crippen LogP contribution in [0, 0.1) is 15.5 Å². The molecule has 0 amide bonds. The van der Waals surface area contributed by atoms with Crippen LogP contribution in [0.1, 0.15) is 57.9 Å². The summed E-state index contributed by atoms with van der Waals surface area (Å²) in [6.45, 7) is 6.56. The number of allylic oxidation sites excluding steroid dienone is 3. The van der Waals surface area contributed by atoms with E-state index in [1.54, 1.807) is 13.0 Å². The van der Waals surface area contributed by atoms with Crippen molar-refractivity contribution in [2.24, 2.45) is 5.41 Å². The van der Waals surface area contributed by atoms with Gasteiger partial charge in [0, 0.05) is 42.0 Å². The monoisotopic (exact) mass is 474 g/mol. The van der Waals surface area contributed by atoms with Crippen LogP contribution in [0.3, 0.4) is 0 Å². The Balaban J connectivity index is 1.78. The van der Waals surface area contributed by atoms with Crippen molar-refractivity contribution in [2.75, 3.05) is 13.2 Å². The molecule has 1 fully saturated rings. The molecule has 0 radical (unpaired) electrons. The van der Waals surface area contributed by atoms with Gasteiger partial charge in [-0.2, -0.15) is 0 Å². The fraction of sp³-hybridized carbons (Fsp3) is 0.500. The summed E-state index contributed by atoms with van der Waals surface area (Å²) in [6, 6.07) is 4.40. The lowest BCUT2D eigenvalue weighted by molar-refractivity contribution is -0.384. The van der Waals surface area contributed by atoms with Crippen LogP contribution >= 0.6 is 11.6 Å². The van der Waals surface area contributed by atoms with E-state index in [9.17, 15) is 19.7 Å². The Kier molecular flexibility index (Phi) is 6.33. The number of nitro groups is 1. The molecule has 0 saturated carbocycles. The number of nitrogens with one attached hydrogen (secondary N) is 1. The zero-order valence-electron chi connectivity index (χ0n) is 18.9. The number of ketones is 1. The molecule has 2 heterocycles. The Labute approximate surface area is 197 Å². The molecule has 9 heteroatoms. The van der Waals surface area contributed by atoms with Crippen molar-refractivity contribution in [3.63, 3.8) is 0 Å². The number of benzene rings is 1. The van der Waals surface area contributed by atoms with Crippen molar-refractivity contribution < 1.29 is 24.0 Å². The van der Waals surface area contributed by atoms with E-state index in [0.717, 1.165) is 18.5 Å². The van der Waals surface area contributed by atoms with Crippen LogP contribution in [0.2, 0.25) is 5.02 Å². The third-order valence-corrected chi connectivity index (χ3v) is 6.70. The van der Waals surface area contributed by atoms with Crippen molar-refractivity contribution in [1.82, 2.24) is 5.32 Å². The Morgan fingerprint density at radius 1 is 1.36 bits per heavy atom. The number of carbonyl (C=O) groups excluding carboxylic acids is 2. The fourth-order valence-electron chi connectivity index (χ4n) is 4.91. The maximum Gasteiger partial charge on any atom is 0.336 e. The number of hydrogen-bond acceptors (Lipinski definition) is 7. The molecule has 33 heavy (non-hydrogen) atoms.